The fourth-order valence-corrected chi connectivity index (χ4v) is 1.84. The molecule has 0 saturated heterocycles. The number of benzene rings is 1. The van der Waals surface area contributed by atoms with Crippen molar-refractivity contribution in [1.82, 2.24) is 5.32 Å². The molecule has 0 bridgehead atoms. The van der Waals surface area contributed by atoms with Crippen molar-refractivity contribution in [1.29, 1.82) is 0 Å². The van der Waals surface area contributed by atoms with Crippen molar-refractivity contribution in [3.05, 3.63) is 34.3 Å². The highest BCUT2D eigenvalue weighted by Crippen LogP contribution is 2.27. The first-order valence-corrected chi connectivity index (χ1v) is 5.56. The first kappa shape index (κ1) is 12.5. The minimum Gasteiger partial charge on any atom is -0.387 e. The summed E-state index contributed by atoms with van der Waals surface area (Å²) in [6.07, 6.45) is -0.494. The smallest absolute Gasteiger partial charge is 0.0917 e. The predicted molar refractivity (Wildman–Crippen MR) is 64.4 cm³/mol. The zero-order valence-corrected chi connectivity index (χ0v) is 10.2. The lowest BCUT2D eigenvalue weighted by atomic mass is 9.94. The average Bonchev–Trinajstić information content (AvgIpc) is 2.17. The van der Waals surface area contributed by atoms with Crippen LogP contribution in [-0.4, -0.2) is 18.7 Å². The molecule has 0 saturated carbocycles. The van der Waals surface area contributed by atoms with Crippen molar-refractivity contribution < 1.29 is 5.11 Å². The summed E-state index contributed by atoms with van der Waals surface area (Å²) in [5.41, 5.74) is 2.08. The molecule has 15 heavy (non-hydrogen) atoms. The molecule has 2 nitrogen and oxygen atoms in total. The lowest BCUT2D eigenvalue weighted by Gasteiger charge is -2.18. The summed E-state index contributed by atoms with van der Waals surface area (Å²) in [5.74, 6) is 0.392. The van der Waals surface area contributed by atoms with Crippen LogP contribution in [0.3, 0.4) is 0 Å². The number of likely N-dealkylation sites (N-methyl/N-ethyl adjacent to an activating group) is 1. The SMILES string of the molecule is CNCC(O)c1cc(Cl)ccc1C(C)C. The Labute approximate surface area is 96.3 Å². The highest BCUT2D eigenvalue weighted by molar-refractivity contribution is 6.30. The second-order valence-corrected chi connectivity index (χ2v) is 4.44. The fraction of sp³-hybridized carbons (Fsp3) is 0.500. The quantitative estimate of drug-likeness (QED) is 0.829. The first-order valence-electron chi connectivity index (χ1n) is 5.18. The van der Waals surface area contributed by atoms with Gasteiger partial charge >= 0.3 is 0 Å². The summed E-state index contributed by atoms with van der Waals surface area (Å²) in [6.45, 7) is 4.76. The fourth-order valence-electron chi connectivity index (χ4n) is 1.66. The number of aliphatic hydroxyl groups excluding tert-OH is 1. The maximum Gasteiger partial charge on any atom is 0.0917 e. The molecule has 0 fully saturated rings. The molecule has 0 aliphatic carbocycles. The number of rotatable bonds is 4. The van der Waals surface area contributed by atoms with Crippen molar-refractivity contribution in [3.63, 3.8) is 0 Å². The molecule has 0 aliphatic heterocycles. The highest BCUT2D eigenvalue weighted by atomic mass is 35.5. The Morgan fingerprint density at radius 3 is 2.53 bits per heavy atom. The van der Waals surface area contributed by atoms with Crippen molar-refractivity contribution in [2.24, 2.45) is 0 Å². The number of hydrogen-bond donors (Lipinski definition) is 2. The number of halogens is 1. The van der Waals surface area contributed by atoms with Gasteiger partial charge in [-0.2, -0.15) is 0 Å². The first-order chi connectivity index (χ1) is 7.06. The highest BCUT2D eigenvalue weighted by Gasteiger charge is 2.14. The summed E-state index contributed by atoms with van der Waals surface area (Å²) in [6, 6.07) is 5.70. The molecule has 0 aliphatic rings. The van der Waals surface area contributed by atoms with Gasteiger partial charge in [-0.1, -0.05) is 31.5 Å². The van der Waals surface area contributed by atoms with Crippen LogP contribution in [0.2, 0.25) is 5.02 Å². The monoisotopic (exact) mass is 227 g/mol. The largest absolute Gasteiger partial charge is 0.387 e. The van der Waals surface area contributed by atoms with Crippen LogP contribution in [0, 0.1) is 0 Å². The molecule has 84 valence electrons. The van der Waals surface area contributed by atoms with Gasteiger partial charge in [0.15, 0.2) is 0 Å². The van der Waals surface area contributed by atoms with Crippen LogP contribution >= 0.6 is 11.6 Å². The third kappa shape index (κ3) is 3.20. The lowest BCUT2D eigenvalue weighted by Crippen LogP contribution is -2.18. The summed E-state index contributed by atoms with van der Waals surface area (Å²) in [4.78, 5) is 0. The molecule has 0 aromatic heterocycles. The van der Waals surface area contributed by atoms with Gasteiger partial charge in [0.05, 0.1) is 6.10 Å². The summed E-state index contributed by atoms with van der Waals surface area (Å²) >= 11 is 5.93. The predicted octanol–water partition coefficient (Wildman–Crippen LogP) is 2.72. The molecule has 0 amide bonds. The molecule has 1 atom stereocenters. The Hall–Kier alpha value is -0.570. The molecule has 3 heteroatoms. The normalized spacial score (nSPS) is 13.2. The van der Waals surface area contributed by atoms with Crippen molar-refractivity contribution >= 4 is 11.6 Å². The van der Waals surface area contributed by atoms with Gasteiger partial charge in [-0.3, -0.25) is 0 Å². The maximum atomic E-state index is 9.95. The molecule has 0 heterocycles. The van der Waals surface area contributed by atoms with Gasteiger partial charge < -0.3 is 10.4 Å². The van der Waals surface area contributed by atoms with E-state index in [9.17, 15) is 5.11 Å². The third-order valence-corrected chi connectivity index (χ3v) is 2.66. The van der Waals surface area contributed by atoms with Gasteiger partial charge in [-0.15, -0.1) is 0 Å². The van der Waals surface area contributed by atoms with Crippen LogP contribution < -0.4 is 5.32 Å². The van der Waals surface area contributed by atoms with E-state index in [1.807, 2.05) is 25.2 Å². The Balaban J connectivity index is 3.06. The average molecular weight is 228 g/mol. The van der Waals surface area contributed by atoms with Crippen molar-refractivity contribution in [2.75, 3.05) is 13.6 Å². The van der Waals surface area contributed by atoms with Gasteiger partial charge in [-0.05, 0) is 36.2 Å². The zero-order chi connectivity index (χ0) is 11.4. The Morgan fingerprint density at radius 2 is 2.00 bits per heavy atom. The minimum absolute atomic E-state index is 0.392. The third-order valence-electron chi connectivity index (χ3n) is 2.43. The van der Waals surface area contributed by atoms with Gasteiger partial charge in [0.2, 0.25) is 0 Å². The van der Waals surface area contributed by atoms with Crippen LogP contribution in [0.25, 0.3) is 0 Å². The Morgan fingerprint density at radius 1 is 1.33 bits per heavy atom. The molecular formula is C12H18ClNO. The standard InChI is InChI=1S/C12H18ClNO/c1-8(2)10-5-4-9(13)6-11(10)12(15)7-14-3/h4-6,8,12,14-15H,7H2,1-3H3. The van der Waals surface area contributed by atoms with Crippen LogP contribution in [0.15, 0.2) is 18.2 Å². The van der Waals surface area contributed by atoms with Crippen molar-refractivity contribution in [2.45, 2.75) is 25.9 Å². The van der Waals surface area contributed by atoms with Crippen LogP contribution in [0.4, 0.5) is 0 Å². The van der Waals surface area contributed by atoms with Gasteiger partial charge in [0, 0.05) is 11.6 Å². The van der Waals surface area contributed by atoms with E-state index in [1.54, 1.807) is 0 Å². The molecule has 1 aromatic carbocycles. The van der Waals surface area contributed by atoms with Crippen LogP contribution in [0.1, 0.15) is 37.0 Å². The van der Waals surface area contributed by atoms with E-state index in [1.165, 1.54) is 0 Å². The minimum atomic E-state index is -0.494. The van der Waals surface area contributed by atoms with Gasteiger partial charge in [0.25, 0.3) is 0 Å². The number of nitrogens with one attached hydrogen (secondary N) is 1. The van der Waals surface area contributed by atoms with Gasteiger partial charge in [-0.25, -0.2) is 0 Å². The summed E-state index contributed by atoms with van der Waals surface area (Å²) in [7, 11) is 1.82. The van der Waals surface area contributed by atoms with E-state index in [0.29, 0.717) is 17.5 Å². The zero-order valence-electron chi connectivity index (χ0n) is 9.42. The van der Waals surface area contributed by atoms with E-state index in [0.717, 1.165) is 11.1 Å². The van der Waals surface area contributed by atoms with E-state index in [-0.39, 0.29) is 0 Å². The Bertz CT molecular complexity index is 325. The van der Waals surface area contributed by atoms with E-state index < -0.39 is 6.10 Å². The van der Waals surface area contributed by atoms with E-state index >= 15 is 0 Å². The molecular weight excluding hydrogens is 210 g/mol. The van der Waals surface area contributed by atoms with Crippen LogP contribution in [0.5, 0.6) is 0 Å². The van der Waals surface area contributed by atoms with E-state index in [2.05, 4.69) is 19.2 Å². The molecule has 0 spiro atoms. The number of aliphatic hydroxyl groups is 1. The second-order valence-electron chi connectivity index (χ2n) is 4.00. The summed E-state index contributed by atoms with van der Waals surface area (Å²) < 4.78 is 0. The van der Waals surface area contributed by atoms with E-state index in [4.69, 9.17) is 11.6 Å². The maximum absolute atomic E-state index is 9.95. The van der Waals surface area contributed by atoms with Gasteiger partial charge in [0.1, 0.15) is 0 Å². The summed E-state index contributed by atoms with van der Waals surface area (Å²) in [5, 5.41) is 13.6. The molecule has 1 unspecified atom stereocenters. The molecule has 1 rings (SSSR count). The topological polar surface area (TPSA) is 32.3 Å². The molecule has 1 aromatic rings. The Kier molecular flexibility index (Phi) is 4.58. The molecule has 0 radical (unpaired) electrons. The number of hydrogen-bond acceptors (Lipinski definition) is 2. The van der Waals surface area contributed by atoms with Crippen LogP contribution in [-0.2, 0) is 0 Å². The molecule has 2 N–H and O–H groups in total. The lowest BCUT2D eigenvalue weighted by molar-refractivity contribution is 0.176. The van der Waals surface area contributed by atoms with Crippen molar-refractivity contribution in [3.8, 4) is 0 Å². The second kappa shape index (κ2) is 5.50.